The van der Waals surface area contributed by atoms with Gasteiger partial charge >= 0.3 is 0 Å². The molecule has 128 valence electrons. The highest BCUT2D eigenvalue weighted by Crippen LogP contribution is 2.37. The molecule has 0 N–H and O–H groups in total. The van der Waals surface area contributed by atoms with Crippen LogP contribution in [0.2, 0.25) is 0 Å². The lowest BCUT2D eigenvalue weighted by Gasteiger charge is -2.40. The third kappa shape index (κ3) is 2.82. The van der Waals surface area contributed by atoms with E-state index in [1.165, 1.54) is 4.31 Å². The van der Waals surface area contributed by atoms with Crippen molar-refractivity contribution in [2.75, 3.05) is 29.4 Å². The summed E-state index contributed by atoms with van der Waals surface area (Å²) < 4.78 is 32.8. The van der Waals surface area contributed by atoms with E-state index < -0.39 is 10.0 Å². The summed E-state index contributed by atoms with van der Waals surface area (Å²) >= 11 is 0. The maximum Gasteiger partial charge on any atom is 0.264 e. The number of fused-ring (bicyclic) bond motifs is 1. The molecule has 1 heterocycles. The van der Waals surface area contributed by atoms with Gasteiger partial charge in [0.15, 0.2) is 0 Å². The van der Waals surface area contributed by atoms with Gasteiger partial charge in [0.1, 0.15) is 5.75 Å². The molecule has 0 unspecified atom stereocenters. The Morgan fingerprint density at radius 1 is 0.958 bits per heavy atom. The molecular weight excluding hydrogens is 324 g/mol. The SMILES string of the molecule is COc1ccc(S(=O)(=O)N2CCN(C(C)C)c3ccccc32)cc1. The quantitative estimate of drug-likeness (QED) is 0.853. The molecule has 0 radical (unpaired) electrons. The minimum Gasteiger partial charge on any atom is -0.497 e. The van der Waals surface area contributed by atoms with Crippen LogP contribution in [0.15, 0.2) is 53.4 Å². The first-order valence-electron chi connectivity index (χ1n) is 7.97. The Kier molecular flexibility index (Phi) is 4.41. The van der Waals surface area contributed by atoms with Gasteiger partial charge in [0.25, 0.3) is 10.0 Å². The standard InChI is InChI=1S/C18H22N2O3S/c1-14(2)19-12-13-20(18-7-5-4-6-17(18)19)24(21,22)16-10-8-15(23-3)9-11-16/h4-11,14H,12-13H2,1-3H3. The molecule has 0 saturated carbocycles. The lowest BCUT2D eigenvalue weighted by Crippen LogP contribution is -2.46. The second kappa shape index (κ2) is 6.36. The summed E-state index contributed by atoms with van der Waals surface area (Å²) in [7, 11) is -2.04. The van der Waals surface area contributed by atoms with Crippen LogP contribution in [0.5, 0.6) is 5.75 Å². The number of methoxy groups -OCH3 is 1. The number of sulfonamides is 1. The Balaban J connectivity index is 2.03. The number of benzene rings is 2. The van der Waals surface area contributed by atoms with Crippen LogP contribution in [0.4, 0.5) is 11.4 Å². The molecular formula is C18H22N2O3S. The molecule has 0 saturated heterocycles. The fraction of sp³-hybridized carbons (Fsp3) is 0.333. The van der Waals surface area contributed by atoms with Gasteiger partial charge in [-0.05, 0) is 50.2 Å². The number of hydrogen-bond donors (Lipinski definition) is 0. The van der Waals surface area contributed by atoms with Crippen molar-refractivity contribution >= 4 is 21.4 Å². The molecule has 0 aromatic heterocycles. The van der Waals surface area contributed by atoms with Crippen LogP contribution < -0.4 is 13.9 Å². The lowest BCUT2D eigenvalue weighted by molar-refractivity contribution is 0.414. The topological polar surface area (TPSA) is 49.9 Å². The predicted octanol–water partition coefficient (Wildman–Crippen LogP) is 3.12. The molecule has 0 spiro atoms. The normalized spacial score (nSPS) is 14.7. The Morgan fingerprint density at radius 3 is 2.17 bits per heavy atom. The van der Waals surface area contributed by atoms with Gasteiger partial charge in [-0.1, -0.05) is 12.1 Å². The van der Waals surface area contributed by atoms with Gasteiger partial charge in [0.2, 0.25) is 0 Å². The third-order valence-electron chi connectivity index (χ3n) is 4.27. The zero-order valence-corrected chi connectivity index (χ0v) is 15.0. The van der Waals surface area contributed by atoms with Crippen LogP contribution in [0, 0.1) is 0 Å². The first-order valence-corrected chi connectivity index (χ1v) is 9.41. The van der Waals surface area contributed by atoms with E-state index in [0.29, 0.717) is 24.9 Å². The van der Waals surface area contributed by atoms with E-state index in [2.05, 4.69) is 18.7 Å². The van der Waals surface area contributed by atoms with Crippen molar-refractivity contribution in [3.8, 4) is 5.75 Å². The summed E-state index contributed by atoms with van der Waals surface area (Å²) in [6, 6.07) is 14.5. The van der Waals surface area contributed by atoms with Crippen molar-refractivity contribution in [2.45, 2.75) is 24.8 Å². The number of hydrogen-bond acceptors (Lipinski definition) is 4. The molecule has 0 atom stereocenters. The van der Waals surface area contributed by atoms with E-state index in [9.17, 15) is 8.42 Å². The molecule has 24 heavy (non-hydrogen) atoms. The van der Waals surface area contributed by atoms with Gasteiger partial charge in [0.05, 0.1) is 29.9 Å². The molecule has 2 aromatic rings. The van der Waals surface area contributed by atoms with Crippen molar-refractivity contribution in [1.29, 1.82) is 0 Å². The van der Waals surface area contributed by atoms with Crippen molar-refractivity contribution in [3.05, 3.63) is 48.5 Å². The monoisotopic (exact) mass is 346 g/mol. The second-order valence-corrected chi connectivity index (χ2v) is 7.89. The minimum absolute atomic E-state index is 0.274. The number of nitrogens with zero attached hydrogens (tertiary/aromatic N) is 2. The first-order chi connectivity index (χ1) is 11.4. The van der Waals surface area contributed by atoms with Gasteiger partial charge in [0, 0.05) is 12.6 Å². The third-order valence-corrected chi connectivity index (χ3v) is 6.10. The average molecular weight is 346 g/mol. The maximum atomic E-state index is 13.1. The summed E-state index contributed by atoms with van der Waals surface area (Å²) in [5, 5.41) is 0. The van der Waals surface area contributed by atoms with Gasteiger partial charge < -0.3 is 9.64 Å². The first kappa shape index (κ1) is 16.6. The Hall–Kier alpha value is -2.21. The van der Waals surface area contributed by atoms with Crippen LogP contribution in [-0.4, -0.2) is 34.7 Å². The summed E-state index contributed by atoms with van der Waals surface area (Å²) in [5.41, 5.74) is 1.68. The largest absolute Gasteiger partial charge is 0.497 e. The number of ether oxygens (including phenoxy) is 1. The van der Waals surface area contributed by atoms with E-state index in [0.717, 1.165) is 11.4 Å². The van der Waals surface area contributed by atoms with Gasteiger partial charge in [-0.3, -0.25) is 4.31 Å². The fourth-order valence-electron chi connectivity index (χ4n) is 3.02. The Bertz CT molecular complexity index is 816. The molecule has 1 aliphatic rings. The summed E-state index contributed by atoms with van der Waals surface area (Å²) in [5.74, 6) is 0.638. The van der Waals surface area contributed by atoms with Crippen LogP contribution in [-0.2, 0) is 10.0 Å². The van der Waals surface area contributed by atoms with Crippen molar-refractivity contribution in [3.63, 3.8) is 0 Å². The molecule has 1 aliphatic heterocycles. The zero-order valence-electron chi connectivity index (χ0n) is 14.1. The second-order valence-electron chi connectivity index (χ2n) is 6.03. The molecule has 0 amide bonds. The maximum absolute atomic E-state index is 13.1. The van der Waals surface area contributed by atoms with Gasteiger partial charge in [-0.25, -0.2) is 8.42 Å². The minimum atomic E-state index is -3.60. The number of rotatable bonds is 4. The van der Waals surface area contributed by atoms with E-state index in [-0.39, 0.29) is 4.90 Å². The van der Waals surface area contributed by atoms with E-state index >= 15 is 0 Å². The van der Waals surface area contributed by atoms with Crippen molar-refractivity contribution in [1.82, 2.24) is 0 Å². The van der Waals surface area contributed by atoms with E-state index in [4.69, 9.17) is 4.74 Å². The molecule has 0 bridgehead atoms. The summed E-state index contributed by atoms with van der Waals surface area (Å²) in [4.78, 5) is 2.51. The molecule has 2 aromatic carbocycles. The molecule has 5 nitrogen and oxygen atoms in total. The van der Waals surface area contributed by atoms with Crippen LogP contribution in [0.25, 0.3) is 0 Å². The highest BCUT2D eigenvalue weighted by Gasteiger charge is 2.32. The molecule has 3 rings (SSSR count). The van der Waals surface area contributed by atoms with Gasteiger partial charge in [-0.15, -0.1) is 0 Å². The van der Waals surface area contributed by atoms with Crippen molar-refractivity contribution in [2.24, 2.45) is 0 Å². The Labute approximate surface area is 143 Å². The van der Waals surface area contributed by atoms with Crippen molar-refractivity contribution < 1.29 is 13.2 Å². The predicted molar refractivity (Wildman–Crippen MR) is 96.4 cm³/mol. The Morgan fingerprint density at radius 2 is 1.58 bits per heavy atom. The molecule has 6 heteroatoms. The van der Waals surface area contributed by atoms with Crippen LogP contribution in [0.3, 0.4) is 0 Å². The van der Waals surface area contributed by atoms with E-state index in [1.807, 2.05) is 24.3 Å². The summed E-state index contributed by atoms with van der Waals surface area (Å²) in [6.07, 6.45) is 0. The number of anilines is 2. The smallest absolute Gasteiger partial charge is 0.264 e. The highest BCUT2D eigenvalue weighted by atomic mass is 32.2. The fourth-order valence-corrected chi connectivity index (χ4v) is 4.49. The van der Waals surface area contributed by atoms with Crippen LogP contribution in [0.1, 0.15) is 13.8 Å². The van der Waals surface area contributed by atoms with Gasteiger partial charge in [-0.2, -0.15) is 0 Å². The van der Waals surface area contributed by atoms with Crippen LogP contribution >= 0.6 is 0 Å². The lowest BCUT2D eigenvalue weighted by atomic mass is 10.1. The average Bonchev–Trinajstić information content (AvgIpc) is 2.60. The number of para-hydroxylation sites is 2. The summed E-state index contributed by atoms with van der Waals surface area (Å²) in [6.45, 7) is 5.34. The molecule has 0 fully saturated rings. The molecule has 0 aliphatic carbocycles. The zero-order chi connectivity index (χ0) is 17.3. The highest BCUT2D eigenvalue weighted by molar-refractivity contribution is 7.92. The van der Waals surface area contributed by atoms with E-state index in [1.54, 1.807) is 31.4 Å².